The van der Waals surface area contributed by atoms with Gasteiger partial charge in [-0.25, -0.2) is 0 Å². The SMILES string of the molecule is Cc1ccccc1-n1nnnc1SCC(=O)C(C)(C)C. The fourth-order valence-corrected chi connectivity index (χ4v) is 2.61. The van der Waals surface area contributed by atoms with Gasteiger partial charge < -0.3 is 0 Å². The second kappa shape index (κ2) is 5.75. The molecule has 0 aliphatic carbocycles. The molecule has 106 valence electrons. The maximum Gasteiger partial charge on any atom is 0.214 e. The number of benzene rings is 1. The van der Waals surface area contributed by atoms with Crippen molar-refractivity contribution in [1.82, 2.24) is 20.2 Å². The van der Waals surface area contributed by atoms with Gasteiger partial charge in [-0.15, -0.1) is 5.10 Å². The Hall–Kier alpha value is -1.69. The summed E-state index contributed by atoms with van der Waals surface area (Å²) in [6.45, 7) is 7.76. The molecule has 0 amide bonds. The van der Waals surface area contributed by atoms with E-state index in [9.17, 15) is 4.79 Å². The molecular weight excluding hydrogens is 272 g/mol. The maximum atomic E-state index is 12.0. The summed E-state index contributed by atoms with van der Waals surface area (Å²) in [5, 5.41) is 12.4. The quantitative estimate of drug-likeness (QED) is 0.810. The minimum absolute atomic E-state index is 0.182. The van der Waals surface area contributed by atoms with Crippen LogP contribution in [0.3, 0.4) is 0 Å². The molecule has 0 aliphatic heterocycles. The maximum absolute atomic E-state index is 12.0. The van der Waals surface area contributed by atoms with Crippen molar-refractivity contribution in [1.29, 1.82) is 0 Å². The highest BCUT2D eigenvalue weighted by Crippen LogP contribution is 2.24. The van der Waals surface area contributed by atoms with E-state index in [2.05, 4.69) is 15.5 Å². The average Bonchev–Trinajstić information content (AvgIpc) is 2.83. The van der Waals surface area contributed by atoms with Gasteiger partial charge in [-0.05, 0) is 29.0 Å². The summed E-state index contributed by atoms with van der Waals surface area (Å²) in [6.07, 6.45) is 0. The molecule has 1 aromatic carbocycles. The standard InChI is InChI=1S/C14H18N4OS/c1-10-7-5-6-8-11(10)18-13(15-16-17-18)20-9-12(19)14(2,3)4/h5-8H,9H2,1-4H3. The van der Waals surface area contributed by atoms with Gasteiger partial charge >= 0.3 is 0 Å². The molecule has 0 aliphatic rings. The number of Topliss-reactive ketones (excluding diaryl/α,β-unsaturated/α-hetero) is 1. The molecule has 0 radical (unpaired) electrons. The molecule has 0 spiro atoms. The van der Waals surface area contributed by atoms with E-state index in [-0.39, 0.29) is 11.2 Å². The molecule has 0 bridgehead atoms. The molecule has 6 heteroatoms. The second-order valence-corrected chi connectivity index (χ2v) is 6.56. The summed E-state index contributed by atoms with van der Waals surface area (Å²) in [6, 6.07) is 7.88. The fraction of sp³-hybridized carbons (Fsp3) is 0.429. The Balaban J connectivity index is 2.18. The van der Waals surface area contributed by atoms with Gasteiger partial charge in [-0.3, -0.25) is 4.79 Å². The van der Waals surface area contributed by atoms with Gasteiger partial charge in [0.15, 0.2) is 0 Å². The van der Waals surface area contributed by atoms with Gasteiger partial charge in [0.25, 0.3) is 0 Å². The van der Waals surface area contributed by atoms with Gasteiger partial charge in [0, 0.05) is 5.41 Å². The Labute approximate surface area is 122 Å². The van der Waals surface area contributed by atoms with Crippen LogP contribution >= 0.6 is 11.8 Å². The molecule has 0 fully saturated rings. The Morgan fingerprint density at radius 1 is 1.30 bits per heavy atom. The van der Waals surface area contributed by atoms with Gasteiger partial charge in [-0.1, -0.05) is 50.7 Å². The smallest absolute Gasteiger partial charge is 0.214 e. The third-order valence-corrected chi connectivity index (χ3v) is 3.87. The van der Waals surface area contributed by atoms with Crippen molar-refractivity contribution in [2.45, 2.75) is 32.9 Å². The van der Waals surface area contributed by atoms with Crippen LogP contribution in [0.5, 0.6) is 0 Å². The number of thioether (sulfide) groups is 1. The van der Waals surface area contributed by atoms with E-state index < -0.39 is 0 Å². The van der Waals surface area contributed by atoms with Crippen molar-refractivity contribution >= 4 is 17.5 Å². The number of carbonyl (C=O) groups excluding carboxylic acids is 1. The molecular formula is C14H18N4OS. The number of carbonyl (C=O) groups is 1. The van der Waals surface area contributed by atoms with Crippen LogP contribution < -0.4 is 0 Å². The van der Waals surface area contributed by atoms with Crippen molar-refractivity contribution in [2.75, 3.05) is 5.75 Å². The number of para-hydroxylation sites is 1. The molecule has 1 heterocycles. The van der Waals surface area contributed by atoms with E-state index in [1.165, 1.54) is 11.8 Å². The molecule has 2 rings (SSSR count). The summed E-state index contributed by atoms with van der Waals surface area (Å²) in [5.74, 6) is 0.553. The van der Waals surface area contributed by atoms with E-state index in [4.69, 9.17) is 0 Å². The molecule has 0 unspecified atom stereocenters. The van der Waals surface area contributed by atoms with Crippen molar-refractivity contribution in [3.8, 4) is 5.69 Å². The van der Waals surface area contributed by atoms with E-state index >= 15 is 0 Å². The van der Waals surface area contributed by atoms with Crippen LogP contribution in [0, 0.1) is 12.3 Å². The molecule has 2 aromatic rings. The van der Waals surface area contributed by atoms with Crippen LogP contribution in [-0.2, 0) is 4.79 Å². The summed E-state index contributed by atoms with van der Waals surface area (Å²) in [5.41, 5.74) is 1.68. The number of hydrogen-bond donors (Lipinski definition) is 0. The van der Waals surface area contributed by atoms with Gasteiger partial charge in [0.2, 0.25) is 5.16 Å². The van der Waals surface area contributed by atoms with E-state index in [1.807, 2.05) is 52.0 Å². The number of aryl methyl sites for hydroxylation is 1. The van der Waals surface area contributed by atoms with Gasteiger partial charge in [0.1, 0.15) is 5.78 Å². The van der Waals surface area contributed by atoms with Crippen LogP contribution in [-0.4, -0.2) is 31.7 Å². The lowest BCUT2D eigenvalue weighted by Crippen LogP contribution is -2.22. The number of ketones is 1. The normalized spacial score (nSPS) is 11.6. The first-order valence-corrected chi connectivity index (χ1v) is 7.38. The minimum Gasteiger partial charge on any atom is -0.298 e. The number of tetrazole rings is 1. The monoisotopic (exact) mass is 290 g/mol. The first-order valence-electron chi connectivity index (χ1n) is 6.40. The van der Waals surface area contributed by atoms with Gasteiger partial charge in [0.05, 0.1) is 11.4 Å². The van der Waals surface area contributed by atoms with Crippen LogP contribution in [0.2, 0.25) is 0 Å². The predicted octanol–water partition coefficient (Wildman–Crippen LogP) is 2.68. The Bertz CT molecular complexity index is 616. The molecule has 5 nitrogen and oxygen atoms in total. The lowest BCUT2D eigenvalue weighted by Gasteiger charge is -2.15. The largest absolute Gasteiger partial charge is 0.298 e. The Morgan fingerprint density at radius 3 is 2.65 bits per heavy atom. The lowest BCUT2D eigenvalue weighted by molar-refractivity contribution is -0.123. The summed E-state index contributed by atoms with van der Waals surface area (Å²) < 4.78 is 1.68. The topological polar surface area (TPSA) is 60.7 Å². The summed E-state index contributed by atoms with van der Waals surface area (Å²) >= 11 is 1.37. The minimum atomic E-state index is -0.339. The lowest BCUT2D eigenvalue weighted by atomic mass is 9.92. The third kappa shape index (κ3) is 3.25. The van der Waals surface area contributed by atoms with Crippen LogP contribution in [0.15, 0.2) is 29.4 Å². The zero-order valence-corrected chi connectivity index (χ0v) is 12.9. The second-order valence-electron chi connectivity index (χ2n) is 5.62. The van der Waals surface area contributed by atoms with E-state index in [0.717, 1.165) is 11.3 Å². The number of hydrogen-bond acceptors (Lipinski definition) is 5. The van der Waals surface area contributed by atoms with E-state index in [1.54, 1.807) is 4.68 Å². The third-order valence-electron chi connectivity index (χ3n) is 2.95. The highest BCUT2D eigenvalue weighted by molar-refractivity contribution is 7.99. The summed E-state index contributed by atoms with van der Waals surface area (Å²) in [7, 11) is 0. The Morgan fingerprint density at radius 2 is 2.00 bits per heavy atom. The molecule has 0 N–H and O–H groups in total. The molecule has 0 saturated carbocycles. The molecule has 1 aromatic heterocycles. The highest BCUT2D eigenvalue weighted by atomic mass is 32.2. The molecule has 0 atom stereocenters. The van der Waals surface area contributed by atoms with Crippen molar-refractivity contribution in [2.24, 2.45) is 5.41 Å². The molecule has 20 heavy (non-hydrogen) atoms. The zero-order chi connectivity index (χ0) is 14.8. The van der Waals surface area contributed by atoms with Crippen molar-refractivity contribution in [3.05, 3.63) is 29.8 Å². The van der Waals surface area contributed by atoms with Crippen LogP contribution in [0.1, 0.15) is 26.3 Å². The fourth-order valence-electron chi connectivity index (χ4n) is 1.57. The predicted molar refractivity (Wildman–Crippen MR) is 79.1 cm³/mol. The first-order chi connectivity index (χ1) is 9.39. The summed E-state index contributed by atoms with van der Waals surface area (Å²) in [4.78, 5) is 12.0. The van der Waals surface area contributed by atoms with Gasteiger partial charge in [-0.2, -0.15) is 4.68 Å². The number of aromatic nitrogens is 4. The number of rotatable bonds is 4. The van der Waals surface area contributed by atoms with E-state index in [0.29, 0.717) is 10.9 Å². The van der Waals surface area contributed by atoms with Crippen LogP contribution in [0.25, 0.3) is 5.69 Å². The number of nitrogens with zero attached hydrogens (tertiary/aromatic N) is 4. The highest BCUT2D eigenvalue weighted by Gasteiger charge is 2.22. The van der Waals surface area contributed by atoms with Crippen molar-refractivity contribution in [3.63, 3.8) is 0 Å². The first kappa shape index (κ1) is 14.7. The zero-order valence-electron chi connectivity index (χ0n) is 12.1. The van der Waals surface area contributed by atoms with Crippen molar-refractivity contribution < 1.29 is 4.79 Å². The average molecular weight is 290 g/mol. The molecule has 0 saturated heterocycles. The Kier molecular flexibility index (Phi) is 4.23. The van der Waals surface area contributed by atoms with Crippen LogP contribution in [0.4, 0.5) is 0 Å².